The van der Waals surface area contributed by atoms with Crippen molar-refractivity contribution in [1.29, 1.82) is 0 Å². The Morgan fingerprint density at radius 1 is 1.29 bits per heavy atom. The molecule has 1 aromatic rings. The molecule has 0 radical (unpaired) electrons. The molecule has 0 saturated heterocycles. The molecule has 0 saturated carbocycles. The summed E-state index contributed by atoms with van der Waals surface area (Å²) in [6.45, 7) is 3.21. The average molecular weight is 303 g/mol. The Morgan fingerprint density at radius 3 is 2.33 bits per heavy atom. The van der Waals surface area contributed by atoms with Gasteiger partial charge in [0.15, 0.2) is 0 Å². The van der Waals surface area contributed by atoms with E-state index in [2.05, 4.69) is 0 Å². The number of benzene rings is 1. The summed E-state index contributed by atoms with van der Waals surface area (Å²) in [6.07, 6.45) is -4.96. The van der Waals surface area contributed by atoms with Gasteiger partial charge in [-0.3, -0.25) is 9.59 Å². The van der Waals surface area contributed by atoms with Gasteiger partial charge in [-0.2, -0.15) is 13.2 Å². The second-order valence-corrected chi connectivity index (χ2v) is 4.58. The second kappa shape index (κ2) is 6.60. The van der Waals surface area contributed by atoms with E-state index in [-0.39, 0.29) is 13.0 Å². The van der Waals surface area contributed by atoms with Crippen LogP contribution in [0.4, 0.5) is 13.2 Å². The van der Waals surface area contributed by atoms with Crippen LogP contribution in [0.5, 0.6) is 0 Å². The fraction of sp³-hybridized carbons (Fsp3) is 0.429. The van der Waals surface area contributed by atoms with Gasteiger partial charge in [-0.15, -0.1) is 0 Å². The minimum atomic E-state index is -4.64. The van der Waals surface area contributed by atoms with E-state index in [4.69, 9.17) is 5.11 Å². The molecular weight excluding hydrogens is 287 g/mol. The molecule has 0 bridgehead atoms. The molecule has 1 unspecified atom stereocenters. The van der Waals surface area contributed by atoms with Gasteiger partial charge < -0.3 is 10.0 Å². The topological polar surface area (TPSA) is 57.6 Å². The number of carboxylic acid groups (broad SMARTS) is 1. The molecule has 0 aliphatic heterocycles. The minimum absolute atomic E-state index is 0.124. The first-order valence-electron chi connectivity index (χ1n) is 6.37. The number of carbonyl (C=O) groups excluding carboxylic acids is 1. The lowest BCUT2D eigenvalue weighted by Gasteiger charge is -2.28. The maximum absolute atomic E-state index is 12.9. The summed E-state index contributed by atoms with van der Waals surface area (Å²) in [7, 11) is 0. The van der Waals surface area contributed by atoms with E-state index in [1.807, 2.05) is 0 Å². The van der Waals surface area contributed by atoms with Crippen LogP contribution in [0.3, 0.4) is 0 Å². The fourth-order valence-electron chi connectivity index (χ4n) is 2.09. The van der Waals surface area contributed by atoms with Gasteiger partial charge in [-0.25, -0.2) is 0 Å². The lowest BCUT2D eigenvalue weighted by molar-refractivity contribution is -0.139. The molecule has 0 aliphatic carbocycles. The van der Waals surface area contributed by atoms with Crippen LogP contribution < -0.4 is 0 Å². The predicted molar refractivity (Wildman–Crippen MR) is 69.9 cm³/mol. The van der Waals surface area contributed by atoms with Gasteiger partial charge in [-0.1, -0.05) is 12.1 Å². The van der Waals surface area contributed by atoms with Crippen LogP contribution in [0, 0.1) is 0 Å². The van der Waals surface area contributed by atoms with Crippen molar-refractivity contribution in [2.75, 3.05) is 6.54 Å². The summed E-state index contributed by atoms with van der Waals surface area (Å²) in [5.74, 6) is -1.93. The zero-order valence-electron chi connectivity index (χ0n) is 11.6. The van der Waals surface area contributed by atoms with Crippen LogP contribution >= 0.6 is 0 Å². The van der Waals surface area contributed by atoms with E-state index >= 15 is 0 Å². The molecule has 4 nitrogen and oxygen atoms in total. The Labute approximate surface area is 120 Å². The largest absolute Gasteiger partial charge is 0.481 e. The summed E-state index contributed by atoms with van der Waals surface area (Å²) in [5.41, 5.74) is -1.49. The number of alkyl halides is 3. The predicted octanol–water partition coefficient (Wildman–Crippen LogP) is 3.03. The first kappa shape index (κ1) is 17.0. The summed E-state index contributed by atoms with van der Waals surface area (Å²) < 4.78 is 38.8. The lowest BCUT2D eigenvalue weighted by Crippen LogP contribution is -2.40. The van der Waals surface area contributed by atoms with Crippen LogP contribution in [0.15, 0.2) is 24.3 Å². The van der Waals surface area contributed by atoms with Crippen LogP contribution in [0.25, 0.3) is 0 Å². The Kier molecular flexibility index (Phi) is 5.34. The van der Waals surface area contributed by atoms with Gasteiger partial charge in [-0.05, 0) is 26.0 Å². The van der Waals surface area contributed by atoms with Gasteiger partial charge in [0.25, 0.3) is 5.91 Å². The molecule has 0 fully saturated rings. The lowest BCUT2D eigenvalue weighted by atomic mass is 10.0. The van der Waals surface area contributed by atoms with Crippen LogP contribution in [0.2, 0.25) is 0 Å². The van der Waals surface area contributed by atoms with Crippen molar-refractivity contribution in [3.8, 4) is 0 Å². The zero-order valence-corrected chi connectivity index (χ0v) is 11.6. The molecule has 1 aromatic carbocycles. The van der Waals surface area contributed by atoms with E-state index in [1.165, 1.54) is 19.1 Å². The van der Waals surface area contributed by atoms with Gasteiger partial charge >= 0.3 is 12.1 Å². The van der Waals surface area contributed by atoms with E-state index < -0.39 is 35.2 Å². The number of carboxylic acids is 1. The number of rotatable bonds is 5. The molecule has 0 heterocycles. The van der Waals surface area contributed by atoms with Gasteiger partial charge in [0.1, 0.15) is 0 Å². The molecule has 0 aliphatic rings. The third kappa shape index (κ3) is 4.21. The summed E-state index contributed by atoms with van der Waals surface area (Å²) in [5, 5.41) is 8.75. The van der Waals surface area contributed by atoms with Crippen LogP contribution in [0.1, 0.15) is 36.2 Å². The monoisotopic (exact) mass is 303 g/mol. The summed E-state index contributed by atoms with van der Waals surface area (Å²) in [4.78, 5) is 24.1. The average Bonchev–Trinajstić information content (AvgIpc) is 2.37. The maximum Gasteiger partial charge on any atom is 0.417 e. The molecule has 1 rings (SSSR count). The van der Waals surface area contributed by atoms with Crippen LogP contribution in [-0.4, -0.2) is 34.5 Å². The Bertz CT molecular complexity index is 528. The molecule has 7 heteroatoms. The normalized spacial score (nSPS) is 12.8. The highest BCUT2D eigenvalue weighted by atomic mass is 19.4. The van der Waals surface area contributed by atoms with Crippen molar-refractivity contribution in [1.82, 2.24) is 4.90 Å². The smallest absolute Gasteiger partial charge is 0.417 e. The molecule has 1 amide bonds. The number of aliphatic carboxylic acids is 1. The Morgan fingerprint density at radius 2 is 1.86 bits per heavy atom. The standard InChI is InChI=1S/C14H16F3NO3/c1-3-18(9(2)8-12(19)20)13(21)10-6-4-5-7-11(10)14(15,16)17/h4-7,9H,3,8H2,1-2H3,(H,19,20). The fourth-order valence-corrected chi connectivity index (χ4v) is 2.09. The second-order valence-electron chi connectivity index (χ2n) is 4.58. The highest BCUT2D eigenvalue weighted by molar-refractivity contribution is 5.96. The van der Waals surface area contributed by atoms with E-state index in [0.717, 1.165) is 17.0 Å². The van der Waals surface area contributed by atoms with Crippen molar-refractivity contribution in [2.24, 2.45) is 0 Å². The minimum Gasteiger partial charge on any atom is -0.481 e. The quantitative estimate of drug-likeness (QED) is 0.909. The SMILES string of the molecule is CCN(C(=O)c1ccccc1C(F)(F)F)C(C)CC(=O)O. The van der Waals surface area contributed by atoms with E-state index in [9.17, 15) is 22.8 Å². The molecule has 21 heavy (non-hydrogen) atoms. The molecule has 0 aromatic heterocycles. The van der Waals surface area contributed by atoms with E-state index in [0.29, 0.717) is 0 Å². The van der Waals surface area contributed by atoms with Gasteiger partial charge in [0.2, 0.25) is 0 Å². The zero-order chi connectivity index (χ0) is 16.2. The van der Waals surface area contributed by atoms with Crippen molar-refractivity contribution >= 4 is 11.9 Å². The van der Waals surface area contributed by atoms with Crippen molar-refractivity contribution in [3.05, 3.63) is 35.4 Å². The summed E-state index contributed by atoms with van der Waals surface area (Å²) in [6, 6.07) is 3.79. The number of halogens is 3. The number of carbonyl (C=O) groups is 2. The highest BCUT2D eigenvalue weighted by Gasteiger charge is 2.36. The molecule has 1 N–H and O–H groups in total. The highest BCUT2D eigenvalue weighted by Crippen LogP contribution is 2.32. The van der Waals surface area contributed by atoms with Gasteiger partial charge in [0, 0.05) is 12.6 Å². The number of hydrogen-bond donors (Lipinski definition) is 1. The third-order valence-corrected chi connectivity index (χ3v) is 3.07. The third-order valence-electron chi connectivity index (χ3n) is 3.07. The summed E-state index contributed by atoms with van der Waals surface area (Å²) >= 11 is 0. The number of amides is 1. The number of hydrogen-bond acceptors (Lipinski definition) is 2. The number of nitrogens with zero attached hydrogens (tertiary/aromatic N) is 1. The van der Waals surface area contributed by atoms with Crippen molar-refractivity contribution in [3.63, 3.8) is 0 Å². The Balaban J connectivity index is 3.15. The Hall–Kier alpha value is -2.05. The molecule has 116 valence electrons. The molecule has 0 spiro atoms. The van der Waals surface area contributed by atoms with Gasteiger partial charge in [0.05, 0.1) is 17.5 Å². The van der Waals surface area contributed by atoms with E-state index in [1.54, 1.807) is 6.92 Å². The molecular formula is C14H16F3NO3. The van der Waals surface area contributed by atoms with Crippen molar-refractivity contribution in [2.45, 2.75) is 32.5 Å². The molecule has 1 atom stereocenters. The maximum atomic E-state index is 12.9. The first-order valence-corrected chi connectivity index (χ1v) is 6.37. The van der Waals surface area contributed by atoms with Crippen LogP contribution in [-0.2, 0) is 11.0 Å². The first-order chi connectivity index (χ1) is 9.68. The van der Waals surface area contributed by atoms with Crippen molar-refractivity contribution < 1.29 is 27.9 Å².